The van der Waals surface area contributed by atoms with Crippen molar-refractivity contribution >= 4 is 23.6 Å². The zero-order valence-corrected chi connectivity index (χ0v) is 9.85. The van der Waals surface area contributed by atoms with Gasteiger partial charge in [-0.15, -0.1) is 0 Å². The molecule has 1 amide bonds. The van der Waals surface area contributed by atoms with E-state index in [4.69, 9.17) is 4.52 Å². The van der Waals surface area contributed by atoms with Crippen LogP contribution in [0.2, 0.25) is 0 Å². The average Bonchev–Trinajstić information content (AvgIpc) is 2.73. The molecule has 7 nitrogen and oxygen atoms in total. The standard InChI is InChI=1S/C9H9N5O2S/c1-14-5-8(16-13-14)12-7(15)6-17-9-10-3-2-4-11-9/h2-5H,6H2,1H3/p+1. The van der Waals surface area contributed by atoms with Gasteiger partial charge in [-0.25, -0.2) is 9.97 Å². The molecule has 88 valence electrons. The summed E-state index contributed by atoms with van der Waals surface area (Å²) in [7, 11) is 1.70. The van der Waals surface area contributed by atoms with Crippen molar-refractivity contribution in [1.29, 1.82) is 0 Å². The summed E-state index contributed by atoms with van der Waals surface area (Å²) in [6, 6.07) is 1.72. The van der Waals surface area contributed by atoms with Crippen LogP contribution in [0.25, 0.3) is 0 Å². The smallest absolute Gasteiger partial charge is 0.288 e. The second kappa shape index (κ2) is 5.39. The molecule has 2 rings (SSSR count). The number of hydrogen-bond donors (Lipinski definition) is 1. The fourth-order valence-electron chi connectivity index (χ4n) is 1.04. The minimum Gasteiger partial charge on any atom is -0.288 e. The molecular formula is C9H10N5O2S+. The van der Waals surface area contributed by atoms with Crippen molar-refractivity contribution in [3.05, 3.63) is 24.7 Å². The third-order valence-corrected chi connectivity index (χ3v) is 2.58. The lowest BCUT2D eigenvalue weighted by Crippen LogP contribution is -2.28. The van der Waals surface area contributed by atoms with Crippen LogP contribution in [0.15, 0.2) is 34.3 Å². The molecule has 0 radical (unpaired) electrons. The molecule has 0 saturated carbocycles. The van der Waals surface area contributed by atoms with Gasteiger partial charge in [0, 0.05) is 12.4 Å². The summed E-state index contributed by atoms with van der Waals surface area (Å²) in [4.78, 5) is 19.5. The average molecular weight is 252 g/mol. The highest BCUT2D eigenvalue weighted by molar-refractivity contribution is 7.99. The van der Waals surface area contributed by atoms with E-state index in [0.29, 0.717) is 11.0 Å². The Morgan fingerprint density at radius 3 is 2.94 bits per heavy atom. The van der Waals surface area contributed by atoms with Crippen molar-refractivity contribution in [2.45, 2.75) is 5.16 Å². The molecule has 17 heavy (non-hydrogen) atoms. The molecule has 0 aliphatic carbocycles. The number of aromatic nitrogens is 4. The molecule has 0 atom stereocenters. The summed E-state index contributed by atoms with van der Waals surface area (Å²) in [5.41, 5.74) is 0. The minimum atomic E-state index is -0.195. The van der Waals surface area contributed by atoms with Crippen molar-refractivity contribution in [2.24, 2.45) is 7.05 Å². The Kier molecular flexibility index (Phi) is 3.66. The van der Waals surface area contributed by atoms with Crippen molar-refractivity contribution < 1.29 is 14.0 Å². The Balaban J connectivity index is 1.82. The highest BCUT2D eigenvalue weighted by Crippen LogP contribution is 2.11. The van der Waals surface area contributed by atoms with Crippen LogP contribution in [0.4, 0.5) is 5.88 Å². The van der Waals surface area contributed by atoms with E-state index in [9.17, 15) is 4.79 Å². The predicted molar refractivity (Wildman–Crippen MR) is 59.1 cm³/mol. The molecule has 0 fully saturated rings. The second-order valence-corrected chi connectivity index (χ2v) is 4.05. The monoisotopic (exact) mass is 252 g/mol. The van der Waals surface area contributed by atoms with Crippen LogP contribution in [0.3, 0.4) is 0 Å². The van der Waals surface area contributed by atoms with E-state index < -0.39 is 0 Å². The van der Waals surface area contributed by atoms with Gasteiger partial charge < -0.3 is 0 Å². The summed E-state index contributed by atoms with van der Waals surface area (Å²) in [6.45, 7) is 0. The van der Waals surface area contributed by atoms with Gasteiger partial charge in [0.05, 0.1) is 5.75 Å². The molecule has 0 unspecified atom stereocenters. The molecule has 2 aromatic rings. The van der Waals surface area contributed by atoms with Gasteiger partial charge in [-0.1, -0.05) is 16.4 Å². The Bertz CT molecular complexity index is 501. The van der Waals surface area contributed by atoms with Crippen molar-refractivity contribution in [2.75, 3.05) is 11.1 Å². The van der Waals surface area contributed by atoms with E-state index in [1.165, 1.54) is 16.4 Å². The Morgan fingerprint density at radius 2 is 2.29 bits per heavy atom. The van der Waals surface area contributed by atoms with Crippen LogP contribution >= 0.6 is 11.8 Å². The molecular weight excluding hydrogens is 242 g/mol. The minimum absolute atomic E-state index is 0.195. The highest BCUT2D eigenvalue weighted by Gasteiger charge is 2.11. The Morgan fingerprint density at radius 1 is 1.53 bits per heavy atom. The molecule has 0 saturated heterocycles. The number of carbonyl (C=O) groups is 1. The van der Waals surface area contributed by atoms with Crippen LogP contribution in [0, 0.1) is 0 Å². The van der Waals surface area contributed by atoms with Crippen LogP contribution in [0.5, 0.6) is 0 Å². The van der Waals surface area contributed by atoms with Gasteiger partial charge in [0.2, 0.25) is 5.91 Å². The van der Waals surface area contributed by atoms with Gasteiger partial charge in [0.1, 0.15) is 0 Å². The molecule has 0 aromatic carbocycles. The topological polar surface area (TPSA) is 84.8 Å². The maximum absolute atomic E-state index is 11.5. The second-order valence-electron chi connectivity index (χ2n) is 3.11. The summed E-state index contributed by atoms with van der Waals surface area (Å²) in [5.74, 6) is 0.334. The van der Waals surface area contributed by atoms with E-state index in [-0.39, 0.29) is 11.7 Å². The molecule has 2 aromatic heterocycles. The van der Waals surface area contributed by atoms with Crippen LogP contribution in [0.1, 0.15) is 0 Å². The zero-order valence-electron chi connectivity index (χ0n) is 9.03. The molecule has 1 N–H and O–H groups in total. The predicted octanol–water partition coefficient (Wildman–Crippen LogP) is 0.0199. The van der Waals surface area contributed by atoms with Crippen LogP contribution in [-0.4, -0.2) is 26.9 Å². The normalized spacial score (nSPS) is 10.2. The molecule has 0 spiro atoms. The van der Waals surface area contributed by atoms with E-state index in [1.54, 1.807) is 31.7 Å². The van der Waals surface area contributed by atoms with E-state index in [2.05, 4.69) is 20.6 Å². The molecule has 0 bridgehead atoms. The number of thioether (sulfide) groups is 1. The van der Waals surface area contributed by atoms with E-state index in [1.807, 2.05) is 0 Å². The lowest BCUT2D eigenvalue weighted by atomic mass is 10.6. The first kappa shape index (κ1) is 11.5. The fraction of sp³-hybridized carbons (Fsp3) is 0.222. The number of amides is 1. The first-order chi connectivity index (χ1) is 8.24. The summed E-state index contributed by atoms with van der Waals surface area (Å²) >= 11 is 1.25. The van der Waals surface area contributed by atoms with Gasteiger partial charge in [-0.05, 0) is 6.07 Å². The number of hydrogen-bond acceptors (Lipinski definition) is 6. The largest absolute Gasteiger partial charge is 0.302 e. The third-order valence-electron chi connectivity index (χ3n) is 1.71. The Labute approximate surface area is 101 Å². The maximum atomic E-state index is 11.5. The highest BCUT2D eigenvalue weighted by atomic mass is 32.2. The first-order valence-corrected chi connectivity index (χ1v) is 5.75. The SMILES string of the molecule is C[n+]1cc(NC(=O)CSc2ncccn2)on1. The number of anilines is 1. The van der Waals surface area contributed by atoms with Gasteiger partial charge in [0.25, 0.3) is 6.20 Å². The van der Waals surface area contributed by atoms with Gasteiger partial charge in [0.15, 0.2) is 17.5 Å². The first-order valence-electron chi connectivity index (χ1n) is 4.76. The number of rotatable bonds is 4. The van der Waals surface area contributed by atoms with Crippen molar-refractivity contribution in [3.63, 3.8) is 0 Å². The summed E-state index contributed by atoms with van der Waals surface area (Å²) in [5, 5.41) is 6.71. The fourth-order valence-corrected chi connectivity index (χ4v) is 1.65. The number of carbonyl (C=O) groups excluding carboxylic acids is 1. The van der Waals surface area contributed by atoms with Gasteiger partial charge in [-0.2, -0.15) is 0 Å². The lowest BCUT2D eigenvalue weighted by molar-refractivity contribution is -0.739. The Hall–Kier alpha value is -1.96. The molecule has 2 heterocycles. The number of nitrogens with one attached hydrogen (secondary N) is 1. The maximum Gasteiger partial charge on any atom is 0.302 e. The molecule has 0 aliphatic rings. The number of aryl methyl sites for hydroxylation is 1. The van der Waals surface area contributed by atoms with Gasteiger partial charge >= 0.3 is 5.88 Å². The zero-order chi connectivity index (χ0) is 12.1. The molecule has 0 aliphatic heterocycles. The van der Waals surface area contributed by atoms with Crippen LogP contribution in [-0.2, 0) is 11.8 Å². The van der Waals surface area contributed by atoms with Crippen LogP contribution < -0.4 is 10.00 Å². The number of nitrogens with zero attached hydrogens (tertiary/aromatic N) is 4. The van der Waals surface area contributed by atoms with Crippen molar-refractivity contribution in [3.8, 4) is 0 Å². The summed E-state index contributed by atoms with van der Waals surface area (Å²) in [6.07, 6.45) is 4.83. The third kappa shape index (κ3) is 3.52. The quantitative estimate of drug-likeness (QED) is 0.469. The molecule has 8 heteroatoms. The van der Waals surface area contributed by atoms with Gasteiger partial charge in [-0.3, -0.25) is 14.6 Å². The van der Waals surface area contributed by atoms with E-state index in [0.717, 1.165) is 0 Å². The van der Waals surface area contributed by atoms with Crippen molar-refractivity contribution in [1.82, 2.24) is 15.2 Å². The lowest BCUT2D eigenvalue weighted by Gasteiger charge is -1.98. The summed E-state index contributed by atoms with van der Waals surface area (Å²) < 4.78 is 6.29. The van der Waals surface area contributed by atoms with E-state index >= 15 is 0 Å².